The Labute approximate surface area is 91.6 Å². The summed E-state index contributed by atoms with van der Waals surface area (Å²) in [5, 5.41) is 9.77. The molecule has 1 aliphatic carbocycles. The maximum absolute atomic E-state index is 11.5. The Morgan fingerprint density at radius 3 is 2.57 bits per heavy atom. The summed E-state index contributed by atoms with van der Waals surface area (Å²) >= 11 is 3.07. The Hall–Kier alpha value is -0.840. The second-order valence-electron chi connectivity index (χ2n) is 3.37. The molecule has 0 unspecified atom stereocenters. The van der Waals surface area contributed by atoms with Gasteiger partial charge in [0.1, 0.15) is 4.48 Å². The average molecular weight is 260 g/mol. The molecule has 5 heteroatoms. The van der Waals surface area contributed by atoms with Gasteiger partial charge in [-0.25, -0.2) is 0 Å². The second kappa shape index (κ2) is 5.14. The van der Waals surface area contributed by atoms with Crippen LogP contribution in [0.3, 0.4) is 0 Å². The first-order chi connectivity index (χ1) is 6.65. The van der Waals surface area contributed by atoms with E-state index in [4.69, 9.17) is 11.1 Å². The number of allylic oxidation sites excluding steroid dienone is 1. The van der Waals surface area contributed by atoms with Crippen LogP contribution >= 0.6 is 15.9 Å². The topological polar surface area (TPSA) is 79.0 Å². The molecule has 1 rings (SSSR count). The summed E-state index contributed by atoms with van der Waals surface area (Å²) in [4.78, 5) is 11.5. The molecule has 0 aromatic heterocycles. The predicted molar refractivity (Wildman–Crippen MR) is 59.3 cm³/mol. The Balaban J connectivity index is 2.52. The van der Waals surface area contributed by atoms with Crippen LogP contribution in [0.15, 0.2) is 10.2 Å². The molecule has 0 saturated heterocycles. The summed E-state index contributed by atoms with van der Waals surface area (Å²) in [6, 6.07) is 0.272. The van der Waals surface area contributed by atoms with Crippen LogP contribution in [0.2, 0.25) is 0 Å². The first-order valence-corrected chi connectivity index (χ1v) is 5.41. The molecule has 0 aromatic carbocycles. The summed E-state index contributed by atoms with van der Waals surface area (Å²) in [6.45, 7) is 0. The van der Waals surface area contributed by atoms with Crippen molar-refractivity contribution in [1.82, 2.24) is 5.32 Å². The zero-order chi connectivity index (χ0) is 10.6. The minimum atomic E-state index is -0.224. The van der Waals surface area contributed by atoms with Crippen molar-refractivity contribution in [3.05, 3.63) is 10.2 Å². The van der Waals surface area contributed by atoms with E-state index in [9.17, 15) is 4.79 Å². The number of carbonyl (C=O) groups is 1. The highest BCUT2D eigenvalue weighted by atomic mass is 79.9. The molecule has 14 heavy (non-hydrogen) atoms. The SMILES string of the molecule is N=C/C(N)=C(/Br)C(=O)NC1CCCC1. The molecule has 0 radical (unpaired) electrons. The fourth-order valence-corrected chi connectivity index (χ4v) is 1.74. The van der Waals surface area contributed by atoms with Crippen LogP contribution in [0.4, 0.5) is 0 Å². The fraction of sp³-hybridized carbons (Fsp3) is 0.556. The Kier molecular flexibility index (Phi) is 4.13. The van der Waals surface area contributed by atoms with Gasteiger partial charge < -0.3 is 16.5 Å². The van der Waals surface area contributed by atoms with Crippen LogP contribution in [0, 0.1) is 5.41 Å². The third kappa shape index (κ3) is 2.83. The highest BCUT2D eigenvalue weighted by Crippen LogP contribution is 2.18. The van der Waals surface area contributed by atoms with Gasteiger partial charge in [-0.1, -0.05) is 12.8 Å². The van der Waals surface area contributed by atoms with E-state index in [0.29, 0.717) is 0 Å². The van der Waals surface area contributed by atoms with Crippen LogP contribution in [0.25, 0.3) is 0 Å². The molecular formula is C9H14BrN3O. The van der Waals surface area contributed by atoms with E-state index in [1.165, 1.54) is 12.8 Å². The molecule has 0 aliphatic heterocycles. The first kappa shape index (κ1) is 11.2. The number of amides is 1. The van der Waals surface area contributed by atoms with Gasteiger partial charge in [0.05, 0.1) is 5.70 Å². The van der Waals surface area contributed by atoms with Crippen LogP contribution < -0.4 is 11.1 Å². The normalized spacial score (nSPS) is 18.9. The third-order valence-corrected chi connectivity index (χ3v) is 3.12. The molecule has 0 aromatic rings. The molecule has 0 atom stereocenters. The lowest BCUT2D eigenvalue weighted by Crippen LogP contribution is -2.33. The largest absolute Gasteiger partial charge is 0.396 e. The van der Waals surface area contributed by atoms with Gasteiger partial charge in [-0.2, -0.15) is 0 Å². The van der Waals surface area contributed by atoms with Crippen LogP contribution in [0.1, 0.15) is 25.7 Å². The Bertz CT molecular complexity index is 269. The van der Waals surface area contributed by atoms with E-state index >= 15 is 0 Å². The minimum Gasteiger partial charge on any atom is -0.396 e. The zero-order valence-corrected chi connectivity index (χ0v) is 9.43. The molecule has 4 N–H and O–H groups in total. The minimum absolute atomic E-state index is 0.153. The van der Waals surface area contributed by atoms with Crippen LogP contribution in [-0.2, 0) is 4.79 Å². The highest BCUT2D eigenvalue weighted by Gasteiger charge is 2.19. The van der Waals surface area contributed by atoms with Gasteiger partial charge in [-0.3, -0.25) is 4.79 Å². The number of rotatable bonds is 3. The van der Waals surface area contributed by atoms with Gasteiger partial charge in [-0.05, 0) is 28.8 Å². The molecule has 1 aliphatic rings. The third-order valence-electron chi connectivity index (χ3n) is 2.30. The number of carbonyl (C=O) groups excluding carboxylic acids is 1. The maximum Gasteiger partial charge on any atom is 0.260 e. The lowest BCUT2D eigenvalue weighted by molar-refractivity contribution is -0.117. The van der Waals surface area contributed by atoms with Crippen molar-refractivity contribution in [2.75, 3.05) is 0 Å². The summed E-state index contributed by atoms with van der Waals surface area (Å²) in [5.41, 5.74) is 5.57. The van der Waals surface area contributed by atoms with Crippen molar-refractivity contribution in [3.8, 4) is 0 Å². The number of nitrogens with one attached hydrogen (secondary N) is 2. The molecule has 0 bridgehead atoms. The predicted octanol–water partition coefficient (Wildman–Crippen LogP) is 1.26. The molecule has 0 heterocycles. The maximum atomic E-state index is 11.5. The summed E-state index contributed by atoms with van der Waals surface area (Å²) in [6.07, 6.45) is 5.38. The monoisotopic (exact) mass is 259 g/mol. The van der Waals surface area contributed by atoms with Crippen molar-refractivity contribution in [2.45, 2.75) is 31.7 Å². The van der Waals surface area contributed by atoms with Crippen LogP contribution in [-0.4, -0.2) is 18.2 Å². The smallest absolute Gasteiger partial charge is 0.260 e. The Morgan fingerprint density at radius 2 is 2.07 bits per heavy atom. The summed E-state index contributed by atoms with van der Waals surface area (Å²) in [5.74, 6) is -0.224. The molecule has 78 valence electrons. The molecule has 1 amide bonds. The van der Waals surface area contributed by atoms with E-state index in [2.05, 4.69) is 21.2 Å². The van der Waals surface area contributed by atoms with Crippen molar-refractivity contribution in [3.63, 3.8) is 0 Å². The van der Waals surface area contributed by atoms with Gasteiger partial charge in [0, 0.05) is 12.3 Å². The van der Waals surface area contributed by atoms with Gasteiger partial charge in [0.25, 0.3) is 5.91 Å². The average Bonchev–Trinajstić information content (AvgIpc) is 2.68. The first-order valence-electron chi connectivity index (χ1n) is 4.61. The van der Waals surface area contributed by atoms with Gasteiger partial charge in [-0.15, -0.1) is 0 Å². The van der Waals surface area contributed by atoms with E-state index in [0.717, 1.165) is 19.1 Å². The number of halogens is 1. The lowest BCUT2D eigenvalue weighted by atomic mass is 10.2. The van der Waals surface area contributed by atoms with Gasteiger partial charge in [0.15, 0.2) is 0 Å². The summed E-state index contributed by atoms with van der Waals surface area (Å²) < 4.78 is 0.249. The molecular weight excluding hydrogens is 246 g/mol. The van der Waals surface area contributed by atoms with Gasteiger partial charge in [0.2, 0.25) is 0 Å². The molecule has 4 nitrogen and oxygen atoms in total. The van der Waals surface area contributed by atoms with Crippen molar-refractivity contribution >= 4 is 28.1 Å². The van der Waals surface area contributed by atoms with E-state index in [1.54, 1.807) is 0 Å². The Morgan fingerprint density at radius 1 is 1.50 bits per heavy atom. The zero-order valence-electron chi connectivity index (χ0n) is 7.85. The van der Waals surface area contributed by atoms with Crippen molar-refractivity contribution < 1.29 is 4.79 Å². The highest BCUT2D eigenvalue weighted by molar-refractivity contribution is 9.12. The van der Waals surface area contributed by atoms with Gasteiger partial charge >= 0.3 is 0 Å². The lowest BCUT2D eigenvalue weighted by Gasteiger charge is -2.11. The molecule has 1 fully saturated rings. The summed E-state index contributed by atoms with van der Waals surface area (Å²) in [7, 11) is 0. The fourth-order valence-electron chi connectivity index (χ4n) is 1.51. The van der Waals surface area contributed by atoms with Crippen LogP contribution in [0.5, 0.6) is 0 Å². The van der Waals surface area contributed by atoms with E-state index in [-0.39, 0.29) is 22.1 Å². The number of nitrogens with two attached hydrogens (primary N) is 1. The molecule has 1 saturated carbocycles. The van der Waals surface area contributed by atoms with E-state index < -0.39 is 0 Å². The quantitative estimate of drug-likeness (QED) is 0.527. The number of hydrogen-bond donors (Lipinski definition) is 3. The van der Waals surface area contributed by atoms with Crippen molar-refractivity contribution in [1.29, 1.82) is 5.41 Å². The van der Waals surface area contributed by atoms with E-state index in [1.807, 2.05) is 0 Å². The van der Waals surface area contributed by atoms with Crippen molar-refractivity contribution in [2.24, 2.45) is 5.73 Å². The number of hydrogen-bond acceptors (Lipinski definition) is 3. The molecule has 0 spiro atoms. The standard InChI is InChI=1S/C9H14BrN3O/c10-8(7(12)5-11)9(14)13-6-3-1-2-4-6/h5-6,11H,1-4,12H2,(H,13,14)/b8-7-,11-5?. The second-order valence-corrected chi connectivity index (χ2v) is 4.16.